The second-order valence-electron chi connectivity index (χ2n) is 11.3. The summed E-state index contributed by atoms with van der Waals surface area (Å²) in [4.78, 5) is 58.7. The van der Waals surface area contributed by atoms with Crippen molar-refractivity contribution in [3.05, 3.63) is 87.6 Å². The normalized spacial score (nSPS) is 11.9. The number of benzene rings is 2. The minimum Gasteiger partial charge on any atom is -0.493 e. The minimum absolute atomic E-state index is 0.0311. The SMILES string of the molecule is CCCNC(=O)c1ccc(-c2cc3c(cc2C(=O)Nc2ccc(CN)cc2C(=O)NC(C)C)-c2sccc2CCO3)c(C(=O)OC)n1. The van der Waals surface area contributed by atoms with Gasteiger partial charge in [0.15, 0.2) is 5.69 Å². The number of pyridine rings is 1. The van der Waals surface area contributed by atoms with E-state index in [0.717, 1.165) is 28.0 Å². The van der Waals surface area contributed by atoms with Crippen molar-refractivity contribution in [1.82, 2.24) is 15.6 Å². The zero-order chi connectivity index (χ0) is 33.7. The average molecular weight is 656 g/mol. The molecule has 5 rings (SSSR count). The molecule has 47 heavy (non-hydrogen) atoms. The van der Waals surface area contributed by atoms with Crippen LogP contribution in [0.15, 0.2) is 53.9 Å². The predicted octanol–water partition coefficient (Wildman–Crippen LogP) is 5.19. The minimum atomic E-state index is -0.780. The summed E-state index contributed by atoms with van der Waals surface area (Å²) in [6.07, 6.45) is 1.41. The Morgan fingerprint density at radius 2 is 1.79 bits per heavy atom. The monoisotopic (exact) mass is 655 g/mol. The van der Waals surface area contributed by atoms with E-state index in [1.54, 1.807) is 36.4 Å². The first-order valence-corrected chi connectivity index (χ1v) is 16.2. The Balaban J connectivity index is 1.68. The molecule has 0 fully saturated rings. The van der Waals surface area contributed by atoms with Gasteiger partial charge in [-0.1, -0.05) is 13.0 Å². The summed E-state index contributed by atoms with van der Waals surface area (Å²) >= 11 is 1.54. The maximum absolute atomic E-state index is 14.3. The van der Waals surface area contributed by atoms with E-state index in [1.165, 1.54) is 24.5 Å². The fourth-order valence-electron chi connectivity index (χ4n) is 5.26. The van der Waals surface area contributed by atoms with Crippen LogP contribution in [0.25, 0.3) is 21.6 Å². The number of hydrogen-bond donors (Lipinski definition) is 4. The molecule has 2 aromatic carbocycles. The molecule has 5 N–H and O–H groups in total. The van der Waals surface area contributed by atoms with Crippen LogP contribution in [0.3, 0.4) is 0 Å². The number of carbonyl (C=O) groups excluding carboxylic acids is 4. The van der Waals surface area contributed by atoms with Crippen LogP contribution in [0.4, 0.5) is 5.69 Å². The second-order valence-corrected chi connectivity index (χ2v) is 12.2. The Morgan fingerprint density at radius 3 is 2.51 bits per heavy atom. The first kappa shape index (κ1) is 33.3. The number of nitrogens with two attached hydrogens (primary N) is 1. The van der Waals surface area contributed by atoms with Crippen molar-refractivity contribution < 1.29 is 28.7 Å². The van der Waals surface area contributed by atoms with Crippen molar-refractivity contribution in [1.29, 1.82) is 0 Å². The van der Waals surface area contributed by atoms with E-state index in [2.05, 4.69) is 20.9 Å². The molecule has 1 aliphatic rings. The van der Waals surface area contributed by atoms with Gasteiger partial charge >= 0.3 is 5.97 Å². The fraction of sp³-hybridized carbons (Fsp3) is 0.286. The zero-order valence-electron chi connectivity index (χ0n) is 26.7. The van der Waals surface area contributed by atoms with Gasteiger partial charge in [-0.3, -0.25) is 14.4 Å². The Hall–Kier alpha value is -5.07. The summed E-state index contributed by atoms with van der Waals surface area (Å²) in [6, 6.07) is 13.4. The molecule has 0 atom stereocenters. The van der Waals surface area contributed by atoms with E-state index < -0.39 is 17.8 Å². The number of thiophene rings is 1. The van der Waals surface area contributed by atoms with Crippen molar-refractivity contribution in [2.24, 2.45) is 5.73 Å². The third-order valence-electron chi connectivity index (χ3n) is 7.55. The summed E-state index contributed by atoms with van der Waals surface area (Å²) in [7, 11) is 1.22. The number of anilines is 1. The Morgan fingerprint density at radius 1 is 0.979 bits per heavy atom. The number of amides is 3. The molecular weight excluding hydrogens is 618 g/mol. The molecule has 1 aliphatic heterocycles. The maximum Gasteiger partial charge on any atom is 0.357 e. The van der Waals surface area contributed by atoms with E-state index in [1.807, 2.05) is 32.2 Å². The summed E-state index contributed by atoms with van der Waals surface area (Å²) in [6.45, 7) is 6.69. The lowest BCUT2D eigenvalue weighted by Crippen LogP contribution is -2.31. The Bertz CT molecular complexity index is 1850. The van der Waals surface area contributed by atoms with Gasteiger partial charge in [-0.15, -0.1) is 11.3 Å². The lowest BCUT2D eigenvalue weighted by Gasteiger charge is -2.19. The molecule has 2 aromatic heterocycles. The first-order valence-electron chi connectivity index (χ1n) is 15.4. The summed E-state index contributed by atoms with van der Waals surface area (Å²) in [5.41, 5.74) is 9.64. The zero-order valence-corrected chi connectivity index (χ0v) is 27.5. The van der Waals surface area contributed by atoms with Crippen LogP contribution in [0.1, 0.15) is 80.0 Å². The summed E-state index contributed by atoms with van der Waals surface area (Å²) < 4.78 is 11.2. The molecule has 0 radical (unpaired) electrons. The van der Waals surface area contributed by atoms with E-state index in [4.69, 9.17) is 15.2 Å². The van der Waals surface area contributed by atoms with Crippen molar-refractivity contribution >= 4 is 40.7 Å². The largest absolute Gasteiger partial charge is 0.493 e. The highest BCUT2D eigenvalue weighted by atomic mass is 32.1. The molecule has 12 heteroatoms. The molecule has 4 aromatic rings. The Kier molecular flexibility index (Phi) is 10.3. The van der Waals surface area contributed by atoms with Crippen LogP contribution in [0.2, 0.25) is 0 Å². The van der Waals surface area contributed by atoms with Gasteiger partial charge < -0.3 is 31.2 Å². The van der Waals surface area contributed by atoms with Gasteiger partial charge in [-0.25, -0.2) is 9.78 Å². The van der Waals surface area contributed by atoms with Crippen LogP contribution in [-0.2, 0) is 17.7 Å². The molecule has 11 nitrogen and oxygen atoms in total. The molecule has 0 unspecified atom stereocenters. The van der Waals surface area contributed by atoms with Crippen LogP contribution in [0, 0.1) is 0 Å². The highest BCUT2D eigenvalue weighted by Gasteiger charge is 2.27. The molecule has 3 amide bonds. The second kappa shape index (κ2) is 14.6. The van der Waals surface area contributed by atoms with Crippen molar-refractivity contribution in [2.75, 3.05) is 25.6 Å². The van der Waals surface area contributed by atoms with Crippen LogP contribution >= 0.6 is 11.3 Å². The smallest absolute Gasteiger partial charge is 0.357 e. The van der Waals surface area contributed by atoms with Gasteiger partial charge in [-0.2, -0.15) is 0 Å². The van der Waals surface area contributed by atoms with Crippen molar-refractivity contribution in [2.45, 2.75) is 46.2 Å². The highest BCUT2D eigenvalue weighted by Crippen LogP contribution is 2.43. The predicted molar refractivity (Wildman–Crippen MR) is 181 cm³/mol. The Labute approximate surface area is 276 Å². The quantitative estimate of drug-likeness (QED) is 0.170. The van der Waals surface area contributed by atoms with E-state index in [9.17, 15) is 19.2 Å². The fourth-order valence-corrected chi connectivity index (χ4v) is 6.23. The van der Waals surface area contributed by atoms with Gasteiger partial charge in [0.1, 0.15) is 11.4 Å². The molecule has 3 heterocycles. The van der Waals surface area contributed by atoms with Crippen LogP contribution in [-0.4, -0.2) is 55.0 Å². The number of rotatable bonds is 10. The molecule has 0 saturated heterocycles. The summed E-state index contributed by atoms with van der Waals surface area (Å²) in [5.74, 6) is -1.59. The van der Waals surface area contributed by atoms with Crippen LogP contribution in [0.5, 0.6) is 5.75 Å². The number of fused-ring (bicyclic) bond motifs is 3. The number of nitrogens with one attached hydrogen (secondary N) is 3. The average Bonchev–Trinajstić information content (AvgIpc) is 3.47. The molecule has 0 bridgehead atoms. The molecule has 0 saturated carbocycles. The van der Waals surface area contributed by atoms with Crippen molar-refractivity contribution in [3.8, 4) is 27.3 Å². The van der Waals surface area contributed by atoms with Gasteiger partial charge in [0, 0.05) is 52.7 Å². The van der Waals surface area contributed by atoms with Gasteiger partial charge in [0.2, 0.25) is 0 Å². The molecular formula is C35H37N5O6S. The van der Waals surface area contributed by atoms with Gasteiger partial charge in [0.25, 0.3) is 17.7 Å². The number of nitrogens with zero attached hydrogens (tertiary/aromatic N) is 1. The van der Waals surface area contributed by atoms with E-state index in [0.29, 0.717) is 30.9 Å². The number of ether oxygens (including phenoxy) is 2. The standard InChI is InChI=1S/C35H37N5O6S/c1-5-12-37-34(43)28-9-7-22(30(39-28)35(44)45-4)23-17-29-26(31-21(10-13-46-29)11-14-47-31)16-24(23)32(41)40-27-8-6-20(18-36)15-25(27)33(42)38-19(2)3/h6-9,11,14-17,19H,5,10,12-13,18,36H2,1-4H3,(H,37,43)(H,38,42)(H,40,41). The lowest BCUT2D eigenvalue weighted by molar-refractivity contribution is 0.0594. The lowest BCUT2D eigenvalue weighted by atomic mass is 9.93. The molecule has 0 spiro atoms. The number of methoxy groups -OCH3 is 1. The van der Waals surface area contributed by atoms with Crippen molar-refractivity contribution in [3.63, 3.8) is 0 Å². The molecule has 0 aliphatic carbocycles. The van der Waals surface area contributed by atoms with Crippen LogP contribution < -0.4 is 26.4 Å². The number of hydrogen-bond acceptors (Lipinski definition) is 9. The third kappa shape index (κ3) is 7.18. The van der Waals surface area contributed by atoms with Gasteiger partial charge in [-0.05, 0) is 79.2 Å². The molecule has 244 valence electrons. The van der Waals surface area contributed by atoms with E-state index >= 15 is 0 Å². The first-order chi connectivity index (χ1) is 22.6. The van der Waals surface area contributed by atoms with E-state index in [-0.39, 0.29) is 52.3 Å². The number of aromatic nitrogens is 1. The highest BCUT2D eigenvalue weighted by molar-refractivity contribution is 7.13. The number of esters is 1. The maximum atomic E-state index is 14.3. The summed E-state index contributed by atoms with van der Waals surface area (Å²) in [5, 5.41) is 10.5. The van der Waals surface area contributed by atoms with Gasteiger partial charge in [0.05, 0.1) is 25.0 Å². The number of carbonyl (C=O) groups is 4. The topological polar surface area (TPSA) is 162 Å². The third-order valence-corrected chi connectivity index (χ3v) is 8.54.